The van der Waals surface area contributed by atoms with Crippen LogP contribution in [0.25, 0.3) is 0 Å². The fourth-order valence-electron chi connectivity index (χ4n) is 2.17. The quantitative estimate of drug-likeness (QED) is 0.791. The minimum absolute atomic E-state index is 0.00620. The summed E-state index contributed by atoms with van der Waals surface area (Å²) in [5.74, 6) is 0.592. The molecule has 1 saturated heterocycles. The lowest BCUT2D eigenvalue weighted by Gasteiger charge is -2.10. The highest BCUT2D eigenvalue weighted by atomic mass is 32.2. The molecule has 0 radical (unpaired) electrons. The molecule has 8 heteroatoms. The van der Waals surface area contributed by atoms with Crippen LogP contribution in [-0.4, -0.2) is 48.9 Å². The first kappa shape index (κ1) is 15.7. The van der Waals surface area contributed by atoms with Crippen molar-refractivity contribution < 1.29 is 13.2 Å². The van der Waals surface area contributed by atoms with Crippen LogP contribution in [0.15, 0.2) is 12.4 Å². The van der Waals surface area contributed by atoms with E-state index in [0.29, 0.717) is 18.8 Å². The second kappa shape index (κ2) is 6.84. The maximum absolute atomic E-state index is 12.0. The van der Waals surface area contributed by atoms with Gasteiger partial charge in [0.05, 0.1) is 23.9 Å². The molecule has 1 aliphatic heterocycles. The number of hydrogen-bond donors (Lipinski definition) is 2. The molecule has 0 saturated carbocycles. The Morgan fingerprint density at radius 3 is 2.90 bits per heavy atom. The molecule has 1 aliphatic rings. The molecule has 2 rings (SSSR count). The predicted molar refractivity (Wildman–Crippen MR) is 79.9 cm³/mol. The van der Waals surface area contributed by atoms with Gasteiger partial charge in [0, 0.05) is 13.1 Å². The highest BCUT2D eigenvalue weighted by Crippen LogP contribution is 2.17. The fourth-order valence-corrected chi connectivity index (χ4v) is 4.04. The van der Waals surface area contributed by atoms with Gasteiger partial charge >= 0.3 is 0 Å². The summed E-state index contributed by atoms with van der Waals surface area (Å²) in [7, 11) is -2.91. The van der Waals surface area contributed by atoms with Crippen molar-refractivity contribution in [3.8, 4) is 0 Å². The van der Waals surface area contributed by atoms with E-state index in [1.165, 1.54) is 6.20 Å². The second-order valence-corrected chi connectivity index (χ2v) is 7.42. The number of aromatic nitrogens is 2. The Kier molecular flexibility index (Phi) is 5.11. The van der Waals surface area contributed by atoms with E-state index in [9.17, 15) is 13.2 Å². The number of nitrogens with one attached hydrogen (secondary N) is 2. The molecule has 1 unspecified atom stereocenters. The zero-order chi connectivity index (χ0) is 15.3. The van der Waals surface area contributed by atoms with Crippen LogP contribution < -0.4 is 10.6 Å². The van der Waals surface area contributed by atoms with Gasteiger partial charge in [0.15, 0.2) is 9.84 Å². The summed E-state index contributed by atoms with van der Waals surface area (Å²) in [5, 5.41) is 5.79. The third kappa shape index (κ3) is 4.66. The van der Waals surface area contributed by atoms with Crippen LogP contribution in [0.5, 0.6) is 0 Å². The number of anilines is 1. The third-order valence-electron chi connectivity index (χ3n) is 3.30. The molecule has 21 heavy (non-hydrogen) atoms. The molecule has 0 bridgehead atoms. The zero-order valence-electron chi connectivity index (χ0n) is 12.0. The van der Waals surface area contributed by atoms with Gasteiger partial charge < -0.3 is 10.6 Å². The minimum atomic E-state index is -2.91. The van der Waals surface area contributed by atoms with Crippen molar-refractivity contribution in [2.75, 3.05) is 29.9 Å². The third-order valence-corrected chi connectivity index (χ3v) is 5.14. The monoisotopic (exact) mass is 312 g/mol. The largest absolute Gasteiger partial charge is 0.369 e. The lowest BCUT2D eigenvalue weighted by atomic mass is 10.1. The van der Waals surface area contributed by atoms with E-state index in [1.807, 2.05) is 6.92 Å². The Balaban J connectivity index is 1.88. The Bertz CT molecular complexity index is 603. The fraction of sp³-hybridized carbons (Fsp3) is 0.615. The molecular formula is C13H20N4O3S. The number of carbonyl (C=O) groups excluding carboxylic acids is 1. The van der Waals surface area contributed by atoms with Crippen LogP contribution in [0.2, 0.25) is 0 Å². The molecule has 1 amide bonds. The number of hydrogen-bond acceptors (Lipinski definition) is 6. The number of rotatable bonds is 6. The Morgan fingerprint density at radius 1 is 1.43 bits per heavy atom. The van der Waals surface area contributed by atoms with Gasteiger partial charge in [-0.15, -0.1) is 0 Å². The van der Waals surface area contributed by atoms with Gasteiger partial charge in [-0.2, -0.15) is 0 Å². The van der Waals surface area contributed by atoms with Crippen molar-refractivity contribution >= 4 is 21.6 Å². The van der Waals surface area contributed by atoms with Gasteiger partial charge in [0.1, 0.15) is 11.5 Å². The van der Waals surface area contributed by atoms with Crippen molar-refractivity contribution in [3.63, 3.8) is 0 Å². The number of sulfone groups is 1. The number of nitrogens with zero attached hydrogens (tertiary/aromatic N) is 2. The van der Waals surface area contributed by atoms with Gasteiger partial charge in [-0.25, -0.2) is 13.4 Å². The Morgan fingerprint density at radius 2 is 2.24 bits per heavy atom. The summed E-state index contributed by atoms with van der Waals surface area (Å²) in [6, 6.07) is 0. The summed E-state index contributed by atoms with van der Waals surface area (Å²) in [4.78, 5) is 20.2. The summed E-state index contributed by atoms with van der Waals surface area (Å²) in [5.41, 5.74) is 0.233. The molecule has 1 fully saturated rings. The van der Waals surface area contributed by atoms with Crippen molar-refractivity contribution in [3.05, 3.63) is 18.1 Å². The van der Waals surface area contributed by atoms with Crippen molar-refractivity contribution in [2.24, 2.45) is 5.92 Å². The second-order valence-electron chi connectivity index (χ2n) is 5.20. The first-order valence-corrected chi connectivity index (χ1v) is 8.87. The molecular weight excluding hydrogens is 292 g/mol. The lowest BCUT2D eigenvalue weighted by molar-refractivity contribution is 0.0943. The molecule has 2 N–H and O–H groups in total. The average Bonchev–Trinajstić information content (AvgIpc) is 2.82. The molecule has 116 valence electrons. The van der Waals surface area contributed by atoms with E-state index in [0.717, 1.165) is 13.0 Å². The molecule has 7 nitrogen and oxygen atoms in total. The smallest absolute Gasteiger partial charge is 0.271 e. The first-order valence-electron chi connectivity index (χ1n) is 7.04. The normalized spacial score (nSPS) is 20.1. The van der Waals surface area contributed by atoms with Crippen LogP contribution in [0.3, 0.4) is 0 Å². The van der Waals surface area contributed by atoms with E-state index in [4.69, 9.17) is 0 Å². The van der Waals surface area contributed by atoms with Crippen molar-refractivity contribution in [1.82, 2.24) is 15.3 Å². The summed E-state index contributed by atoms with van der Waals surface area (Å²) >= 11 is 0. The molecule has 1 aromatic rings. The molecule has 0 aliphatic carbocycles. The summed E-state index contributed by atoms with van der Waals surface area (Å²) in [6.07, 6.45) is 4.52. The van der Waals surface area contributed by atoms with Crippen LogP contribution in [0.1, 0.15) is 30.3 Å². The highest BCUT2D eigenvalue weighted by Gasteiger charge is 2.28. The van der Waals surface area contributed by atoms with E-state index < -0.39 is 9.84 Å². The molecule has 0 aromatic carbocycles. The van der Waals surface area contributed by atoms with Crippen LogP contribution in [0.4, 0.5) is 5.82 Å². The SMILES string of the molecule is CCCNc1cncc(C(=O)NCC2CCS(=O)(=O)C2)n1. The number of amides is 1. The maximum atomic E-state index is 12.0. The van der Waals surface area contributed by atoms with Crippen molar-refractivity contribution in [1.29, 1.82) is 0 Å². The topological polar surface area (TPSA) is 101 Å². The van der Waals surface area contributed by atoms with Crippen LogP contribution in [-0.2, 0) is 9.84 Å². The van der Waals surface area contributed by atoms with Gasteiger partial charge in [-0.3, -0.25) is 9.78 Å². The minimum Gasteiger partial charge on any atom is -0.369 e. The Hall–Kier alpha value is -1.70. The van der Waals surface area contributed by atoms with Gasteiger partial charge in [0.2, 0.25) is 0 Å². The molecule has 1 atom stereocenters. The first-order chi connectivity index (χ1) is 10.00. The predicted octanol–water partition coefficient (Wildman–Crippen LogP) is 0.463. The van der Waals surface area contributed by atoms with E-state index >= 15 is 0 Å². The average molecular weight is 312 g/mol. The van der Waals surface area contributed by atoms with Crippen LogP contribution in [0, 0.1) is 5.92 Å². The van der Waals surface area contributed by atoms with E-state index in [1.54, 1.807) is 6.20 Å². The Labute approximate surface area is 124 Å². The highest BCUT2D eigenvalue weighted by molar-refractivity contribution is 7.91. The molecule has 0 spiro atoms. The zero-order valence-corrected chi connectivity index (χ0v) is 12.8. The van der Waals surface area contributed by atoms with Crippen molar-refractivity contribution in [2.45, 2.75) is 19.8 Å². The van der Waals surface area contributed by atoms with E-state index in [-0.39, 0.29) is 29.0 Å². The van der Waals surface area contributed by atoms with Gasteiger partial charge in [-0.05, 0) is 18.8 Å². The van der Waals surface area contributed by atoms with Gasteiger partial charge in [-0.1, -0.05) is 6.92 Å². The number of carbonyl (C=O) groups is 1. The standard InChI is InChI=1S/C13H20N4O3S/c1-2-4-15-12-8-14-7-11(17-12)13(18)16-6-10-3-5-21(19,20)9-10/h7-8,10H,2-6,9H2,1H3,(H,15,17)(H,16,18). The lowest BCUT2D eigenvalue weighted by Crippen LogP contribution is -2.30. The maximum Gasteiger partial charge on any atom is 0.271 e. The molecule has 2 heterocycles. The van der Waals surface area contributed by atoms with Gasteiger partial charge in [0.25, 0.3) is 5.91 Å². The van der Waals surface area contributed by atoms with Crippen LogP contribution >= 0.6 is 0 Å². The molecule has 1 aromatic heterocycles. The summed E-state index contributed by atoms with van der Waals surface area (Å²) < 4.78 is 22.7. The van der Waals surface area contributed by atoms with E-state index in [2.05, 4.69) is 20.6 Å². The summed E-state index contributed by atoms with van der Waals surface area (Å²) in [6.45, 7) is 3.15.